The van der Waals surface area contributed by atoms with Crippen LogP contribution in [0.4, 0.5) is 0 Å². The average Bonchev–Trinajstić information content (AvgIpc) is 2.15. The second-order valence-corrected chi connectivity index (χ2v) is 2.05. The van der Waals surface area contributed by atoms with Crippen LogP contribution in [0.2, 0.25) is 0 Å². The zero-order valence-corrected chi connectivity index (χ0v) is 6.74. The lowest BCUT2D eigenvalue weighted by atomic mass is 10.3. The largest absolute Gasteiger partial charge is 0.481 e. The minimum Gasteiger partial charge on any atom is -0.481 e. The smallest absolute Gasteiger partial charge is 0.212 e. The van der Waals surface area contributed by atoms with Gasteiger partial charge in [0, 0.05) is 17.8 Å². The van der Waals surface area contributed by atoms with Gasteiger partial charge in [0.2, 0.25) is 5.88 Å². The molecule has 0 saturated heterocycles. The van der Waals surface area contributed by atoms with Crippen LogP contribution < -0.4 is 4.74 Å². The van der Waals surface area contributed by atoms with Crippen molar-refractivity contribution in [1.82, 2.24) is 4.98 Å². The summed E-state index contributed by atoms with van der Waals surface area (Å²) in [6.07, 6.45) is 1.60. The molecule has 0 fully saturated rings. The molecule has 1 aromatic rings. The Morgan fingerprint density at radius 1 is 1.58 bits per heavy atom. The van der Waals surface area contributed by atoms with Gasteiger partial charge in [-0.15, -0.1) is 0 Å². The monoisotopic (exact) mass is 163 g/mol. The van der Waals surface area contributed by atoms with Gasteiger partial charge in [-0.2, -0.15) is 0 Å². The van der Waals surface area contributed by atoms with E-state index in [1.807, 2.05) is 0 Å². The van der Waals surface area contributed by atoms with Crippen molar-refractivity contribution < 1.29 is 9.84 Å². The summed E-state index contributed by atoms with van der Waals surface area (Å²) >= 11 is 0. The molecule has 0 atom stereocenters. The molecule has 0 amide bonds. The zero-order chi connectivity index (χ0) is 8.81. The Labute approximate surface area is 71.0 Å². The molecular formula is C9H9NO2. The minimum atomic E-state index is -0.133. The van der Waals surface area contributed by atoms with E-state index in [0.717, 1.165) is 5.56 Å². The molecule has 0 unspecified atom stereocenters. The molecule has 0 bridgehead atoms. The molecule has 1 heterocycles. The Morgan fingerprint density at radius 2 is 2.42 bits per heavy atom. The van der Waals surface area contributed by atoms with Crippen molar-refractivity contribution in [1.29, 1.82) is 0 Å². The number of hydrogen-bond donors (Lipinski definition) is 1. The van der Waals surface area contributed by atoms with Crippen LogP contribution in [0.1, 0.15) is 5.56 Å². The van der Waals surface area contributed by atoms with Crippen LogP contribution in [-0.2, 0) is 0 Å². The molecule has 12 heavy (non-hydrogen) atoms. The molecule has 3 nitrogen and oxygen atoms in total. The van der Waals surface area contributed by atoms with Crippen LogP contribution >= 0.6 is 0 Å². The van der Waals surface area contributed by atoms with Crippen molar-refractivity contribution in [2.45, 2.75) is 0 Å². The second-order valence-electron chi connectivity index (χ2n) is 2.05. The summed E-state index contributed by atoms with van der Waals surface area (Å²) in [7, 11) is 1.56. The third kappa shape index (κ3) is 2.26. The number of ether oxygens (including phenoxy) is 1. The van der Waals surface area contributed by atoms with Crippen molar-refractivity contribution in [2.75, 3.05) is 13.7 Å². The fourth-order valence-corrected chi connectivity index (χ4v) is 0.717. The molecule has 0 aromatic carbocycles. The number of nitrogens with zero attached hydrogens (tertiary/aromatic N) is 1. The Hall–Kier alpha value is -1.53. The molecule has 1 aromatic heterocycles. The minimum absolute atomic E-state index is 0.133. The summed E-state index contributed by atoms with van der Waals surface area (Å²) in [4.78, 5) is 3.94. The first-order valence-corrected chi connectivity index (χ1v) is 3.46. The predicted molar refractivity (Wildman–Crippen MR) is 44.8 cm³/mol. The molecule has 1 rings (SSSR count). The van der Waals surface area contributed by atoms with Crippen molar-refractivity contribution in [3.8, 4) is 17.7 Å². The highest BCUT2D eigenvalue weighted by molar-refractivity contribution is 5.33. The summed E-state index contributed by atoms with van der Waals surface area (Å²) in [5.74, 6) is 5.81. The molecule has 0 aliphatic carbocycles. The molecular weight excluding hydrogens is 154 g/mol. The fraction of sp³-hybridized carbons (Fsp3) is 0.222. The number of aromatic nitrogens is 1. The third-order valence-electron chi connectivity index (χ3n) is 1.26. The predicted octanol–water partition coefficient (Wildman–Crippen LogP) is 0.434. The van der Waals surface area contributed by atoms with Crippen LogP contribution in [0.5, 0.6) is 5.88 Å². The highest BCUT2D eigenvalue weighted by atomic mass is 16.5. The van der Waals surface area contributed by atoms with Gasteiger partial charge in [0.1, 0.15) is 6.61 Å². The van der Waals surface area contributed by atoms with Crippen LogP contribution in [0.15, 0.2) is 18.3 Å². The van der Waals surface area contributed by atoms with Gasteiger partial charge >= 0.3 is 0 Å². The summed E-state index contributed by atoms with van der Waals surface area (Å²) in [6, 6.07) is 3.51. The maximum Gasteiger partial charge on any atom is 0.212 e. The van der Waals surface area contributed by atoms with Crippen LogP contribution in [-0.4, -0.2) is 23.8 Å². The van der Waals surface area contributed by atoms with Gasteiger partial charge in [0.05, 0.1) is 7.11 Å². The number of aliphatic hydroxyl groups is 1. The Kier molecular flexibility index (Phi) is 3.12. The van der Waals surface area contributed by atoms with Gasteiger partial charge in [-0.25, -0.2) is 4.98 Å². The van der Waals surface area contributed by atoms with E-state index >= 15 is 0 Å². The lowest BCUT2D eigenvalue weighted by molar-refractivity contribution is 0.350. The molecule has 0 spiro atoms. The quantitative estimate of drug-likeness (QED) is 0.610. The average molecular weight is 163 g/mol. The summed E-state index contributed by atoms with van der Waals surface area (Å²) < 4.78 is 4.86. The topological polar surface area (TPSA) is 42.4 Å². The van der Waals surface area contributed by atoms with Gasteiger partial charge in [-0.3, -0.25) is 0 Å². The van der Waals surface area contributed by atoms with E-state index in [2.05, 4.69) is 16.8 Å². The van der Waals surface area contributed by atoms with Gasteiger partial charge in [0.25, 0.3) is 0 Å². The van der Waals surface area contributed by atoms with E-state index in [1.165, 1.54) is 0 Å². The standard InChI is InChI=1S/C9H9NO2/c1-12-9-5-4-8(7-10-9)3-2-6-11/h4-5,7,11H,6H2,1H3. The molecule has 62 valence electrons. The van der Waals surface area contributed by atoms with Gasteiger partial charge < -0.3 is 9.84 Å². The SMILES string of the molecule is COc1ccc(C#CCO)cn1. The molecule has 1 N–H and O–H groups in total. The fourth-order valence-electron chi connectivity index (χ4n) is 0.717. The number of hydrogen-bond acceptors (Lipinski definition) is 3. The Bertz CT molecular complexity index is 295. The number of methoxy groups -OCH3 is 1. The zero-order valence-electron chi connectivity index (χ0n) is 6.74. The Morgan fingerprint density at radius 3 is 2.92 bits per heavy atom. The van der Waals surface area contributed by atoms with E-state index in [1.54, 1.807) is 25.4 Å². The third-order valence-corrected chi connectivity index (χ3v) is 1.26. The van der Waals surface area contributed by atoms with E-state index in [-0.39, 0.29) is 6.61 Å². The van der Waals surface area contributed by atoms with Crippen molar-refractivity contribution >= 4 is 0 Å². The normalized spacial score (nSPS) is 8.50. The first-order valence-electron chi connectivity index (χ1n) is 3.46. The molecule has 3 heteroatoms. The summed E-state index contributed by atoms with van der Waals surface area (Å²) in [5, 5.41) is 8.41. The van der Waals surface area contributed by atoms with Gasteiger partial charge in [0.15, 0.2) is 0 Å². The van der Waals surface area contributed by atoms with E-state index < -0.39 is 0 Å². The van der Waals surface area contributed by atoms with Crippen molar-refractivity contribution in [2.24, 2.45) is 0 Å². The maximum atomic E-state index is 8.41. The lowest BCUT2D eigenvalue weighted by Gasteiger charge is -1.95. The van der Waals surface area contributed by atoms with Crippen LogP contribution in [0, 0.1) is 11.8 Å². The molecule has 0 aliphatic heterocycles. The van der Waals surface area contributed by atoms with E-state index in [9.17, 15) is 0 Å². The van der Waals surface area contributed by atoms with Gasteiger partial charge in [-0.1, -0.05) is 11.8 Å². The second kappa shape index (κ2) is 4.37. The molecule has 0 saturated carbocycles. The van der Waals surface area contributed by atoms with Crippen LogP contribution in [0.25, 0.3) is 0 Å². The van der Waals surface area contributed by atoms with Gasteiger partial charge in [-0.05, 0) is 6.07 Å². The summed E-state index contributed by atoms with van der Waals surface area (Å²) in [6.45, 7) is -0.133. The number of aliphatic hydroxyl groups excluding tert-OH is 1. The van der Waals surface area contributed by atoms with E-state index in [4.69, 9.17) is 9.84 Å². The highest BCUT2D eigenvalue weighted by Crippen LogP contribution is 2.04. The lowest BCUT2D eigenvalue weighted by Crippen LogP contribution is -1.86. The Balaban J connectivity index is 2.78. The molecule has 0 radical (unpaired) electrons. The number of pyridine rings is 1. The highest BCUT2D eigenvalue weighted by Gasteiger charge is 1.90. The maximum absolute atomic E-state index is 8.41. The van der Waals surface area contributed by atoms with Crippen molar-refractivity contribution in [3.05, 3.63) is 23.9 Å². The molecule has 0 aliphatic rings. The van der Waals surface area contributed by atoms with Crippen LogP contribution in [0.3, 0.4) is 0 Å². The van der Waals surface area contributed by atoms with Crippen molar-refractivity contribution in [3.63, 3.8) is 0 Å². The summed E-state index contributed by atoms with van der Waals surface area (Å²) in [5.41, 5.74) is 0.768. The first kappa shape index (κ1) is 8.57. The van der Waals surface area contributed by atoms with E-state index in [0.29, 0.717) is 5.88 Å². The first-order chi connectivity index (χ1) is 5.86. The number of rotatable bonds is 1.